The van der Waals surface area contributed by atoms with Gasteiger partial charge in [-0.2, -0.15) is 0 Å². The molecule has 1 amide bonds. The van der Waals surface area contributed by atoms with Crippen molar-refractivity contribution in [3.8, 4) is 0 Å². The first-order valence-corrected chi connectivity index (χ1v) is 9.26. The van der Waals surface area contributed by atoms with E-state index in [4.69, 9.17) is 22.1 Å². The standard InChI is InChI=1S/C19H27ClN2O2/c1-13(2)17-11-24-18(23)22(17)16-6-8-19(12-21,9-7-16)14-4-3-5-15(20)10-14/h3-5,10,13,16-17H,6-9,11-12,21H2,1-2H3/t16?,17-,19?/m1/s1. The fraction of sp³-hybridized carbons (Fsp3) is 0.632. The molecule has 0 radical (unpaired) electrons. The van der Waals surface area contributed by atoms with Crippen LogP contribution >= 0.6 is 11.6 Å². The number of amides is 1. The van der Waals surface area contributed by atoms with Crippen LogP contribution in [0.5, 0.6) is 0 Å². The van der Waals surface area contributed by atoms with Gasteiger partial charge in [-0.1, -0.05) is 37.6 Å². The monoisotopic (exact) mass is 350 g/mol. The normalized spacial score (nSPS) is 30.7. The summed E-state index contributed by atoms with van der Waals surface area (Å²) < 4.78 is 5.32. The van der Waals surface area contributed by atoms with E-state index in [1.165, 1.54) is 5.56 Å². The number of hydrogen-bond donors (Lipinski definition) is 1. The molecule has 0 spiro atoms. The summed E-state index contributed by atoms with van der Waals surface area (Å²) in [5.74, 6) is 0.408. The van der Waals surface area contributed by atoms with E-state index in [1.807, 2.05) is 23.1 Å². The van der Waals surface area contributed by atoms with E-state index >= 15 is 0 Å². The van der Waals surface area contributed by atoms with Crippen LogP contribution in [0.25, 0.3) is 0 Å². The molecule has 0 unspecified atom stereocenters. The van der Waals surface area contributed by atoms with E-state index in [0.717, 1.165) is 30.7 Å². The Hall–Kier alpha value is -1.26. The largest absolute Gasteiger partial charge is 0.447 e. The summed E-state index contributed by atoms with van der Waals surface area (Å²) in [7, 11) is 0. The number of benzene rings is 1. The first-order valence-electron chi connectivity index (χ1n) is 8.88. The fourth-order valence-corrected chi connectivity index (χ4v) is 4.43. The number of carbonyl (C=O) groups is 1. The Morgan fingerprint density at radius 2 is 2.08 bits per heavy atom. The average molecular weight is 351 g/mol. The van der Waals surface area contributed by atoms with Crippen LogP contribution < -0.4 is 5.73 Å². The second-order valence-electron chi connectivity index (χ2n) is 7.52. The lowest BCUT2D eigenvalue weighted by molar-refractivity contribution is 0.108. The molecule has 2 N–H and O–H groups in total. The fourth-order valence-electron chi connectivity index (χ4n) is 4.24. The topological polar surface area (TPSA) is 55.6 Å². The minimum Gasteiger partial charge on any atom is -0.447 e. The van der Waals surface area contributed by atoms with E-state index in [9.17, 15) is 4.79 Å². The van der Waals surface area contributed by atoms with Crippen LogP contribution in [0.15, 0.2) is 24.3 Å². The lowest BCUT2D eigenvalue weighted by atomic mass is 9.68. The van der Waals surface area contributed by atoms with Crippen molar-refractivity contribution in [3.05, 3.63) is 34.9 Å². The summed E-state index contributed by atoms with van der Waals surface area (Å²) in [6, 6.07) is 8.50. The summed E-state index contributed by atoms with van der Waals surface area (Å²) in [4.78, 5) is 14.2. The van der Waals surface area contributed by atoms with Gasteiger partial charge in [-0.3, -0.25) is 4.90 Å². The molecule has 2 fully saturated rings. The van der Waals surface area contributed by atoms with Crippen LogP contribution in [0.2, 0.25) is 5.02 Å². The highest BCUT2D eigenvalue weighted by Crippen LogP contribution is 2.42. The molecule has 1 saturated heterocycles. The molecule has 1 heterocycles. The minimum atomic E-state index is -0.151. The maximum Gasteiger partial charge on any atom is 0.410 e. The van der Waals surface area contributed by atoms with Gasteiger partial charge in [0.15, 0.2) is 0 Å². The minimum absolute atomic E-state index is 0.0294. The third kappa shape index (κ3) is 3.14. The van der Waals surface area contributed by atoms with Gasteiger partial charge >= 0.3 is 6.09 Å². The van der Waals surface area contributed by atoms with Crippen LogP contribution in [-0.4, -0.2) is 36.2 Å². The number of cyclic esters (lactones) is 1. The summed E-state index contributed by atoms with van der Waals surface area (Å²) in [6.45, 7) is 5.43. The van der Waals surface area contributed by atoms with Gasteiger partial charge in [0.2, 0.25) is 0 Å². The number of hydrogen-bond acceptors (Lipinski definition) is 3. The summed E-state index contributed by atoms with van der Waals surface area (Å²) >= 11 is 6.18. The maximum absolute atomic E-state index is 12.2. The Morgan fingerprint density at radius 3 is 2.67 bits per heavy atom. The Labute approximate surface area is 149 Å². The molecule has 1 aliphatic carbocycles. The third-order valence-corrected chi connectivity index (χ3v) is 6.08. The average Bonchev–Trinajstić information content (AvgIpc) is 2.97. The zero-order valence-electron chi connectivity index (χ0n) is 14.5. The first-order chi connectivity index (χ1) is 11.5. The molecule has 24 heavy (non-hydrogen) atoms. The van der Waals surface area contributed by atoms with Gasteiger partial charge in [0.1, 0.15) is 6.61 Å². The van der Waals surface area contributed by atoms with E-state index in [2.05, 4.69) is 19.9 Å². The van der Waals surface area contributed by atoms with E-state index < -0.39 is 0 Å². The molecule has 1 aliphatic heterocycles. The molecule has 1 saturated carbocycles. The lowest BCUT2D eigenvalue weighted by Crippen LogP contribution is -2.49. The van der Waals surface area contributed by atoms with Crippen molar-refractivity contribution in [2.75, 3.05) is 13.2 Å². The van der Waals surface area contributed by atoms with Crippen LogP contribution in [-0.2, 0) is 10.2 Å². The Morgan fingerprint density at radius 1 is 1.38 bits per heavy atom. The molecule has 3 rings (SSSR count). The van der Waals surface area contributed by atoms with Crippen LogP contribution in [0, 0.1) is 5.92 Å². The van der Waals surface area contributed by atoms with Gasteiger partial charge in [-0.25, -0.2) is 4.79 Å². The van der Waals surface area contributed by atoms with Crippen LogP contribution in [0.1, 0.15) is 45.1 Å². The Balaban J connectivity index is 1.75. The van der Waals surface area contributed by atoms with E-state index in [-0.39, 0.29) is 23.6 Å². The van der Waals surface area contributed by atoms with E-state index in [1.54, 1.807) is 0 Å². The van der Waals surface area contributed by atoms with E-state index in [0.29, 0.717) is 19.1 Å². The number of halogens is 1. The van der Waals surface area contributed by atoms with Gasteiger partial charge in [0.05, 0.1) is 6.04 Å². The van der Waals surface area contributed by atoms with Crippen molar-refractivity contribution in [3.63, 3.8) is 0 Å². The molecule has 0 bridgehead atoms. The first kappa shape index (κ1) is 17.6. The predicted molar refractivity (Wildman–Crippen MR) is 96.3 cm³/mol. The molecule has 132 valence electrons. The van der Waals surface area contributed by atoms with Crippen molar-refractivity contribution in [1.29, 1.82) is 0 Å². The lowest BCUT2D eigenvalue weighted by Gasteiger charge is -2.43. The van der Waals surface area contributed by atoms with Gasteiger partial charge in [-0.15, -0.1) is 0 Å². The van der Waals surface area contributed by atoms with Crippen molar-refractivity contribution in [2.45, 2.75) is 57.0 Å². The smallest absolute Gasteiger partial charge is 0.410 e. The van der Waals surface area contributed by atoms with Crippen molar-refractivity contribution in [1.82, 2.24) is 4.90 Å². The summed E-state index contributed by atoms with van der Waals surface area (Å²) in [6.07, 6.45) is 3.72. The molecule has 2 aliphatic rings. The SMILES string of the molecule is CC(C)[C@H]1COC(=O)N1C1CCC(CN)(c2cccc(Cl)c2)CC1. The molecule has 1 aromatic carbocycles. The van der Waals surface area contributed by atoms with Gasteiger partial charge < -0.3 is 10.5 Å². The number of rotatable bonds is 4. The van der Waals surface area contributed by atoms with Gasteiger partial charge in [0.25, 0.3) is 0 Å². The number of carbonyl (C=O) groups excluding carboxylic acids is 1. The molecule has 4 nitrogen and oxygen atoms in total. The Bertz CT molecular complexity index is 597. The van der Waals surface area contributed by atoms with Crippen LogP contribution in [0.3, 0.4) is 0 Å². The second kappa shape index (κ2) is 6.93. The number of ether oxygens (including phenoxy) is 1. The summed E-state index contributed by atoms with van der Waals surface area (Å²) in [5, 5.41) is 0.755. The zero-order valence-corrected chi connectivity index (χ0v) is 15.3. The highest BCUT2D eigenvalue weighted by molar-refractivity contribution is 6.30. The molecule has 5 heteroatoms. The van der Waals surface area contributed by atoms with Crippen molar-refractivity contribution >= 4 is 17.7 Å². The highest BCUT2D eigenvalue weighted by Gasteiger charge is 2.44. The maximum atomic E-state index is 12.2. The zero-order chi connectivity index (χ0) is 17.3. The van der Waals surface area contributed by atoms with Gasteiger partial charge in [0, 0.05) is 23.0 Å². The van der Waals surface area contributed by atoms with Crippen LogP contribution in [0.4, 0.5) is 4.79 Å². The second-order valence-corrected chi connectivity index (χ2v) is 7.96. The number of nitrogens with zero attached hydrogens (tertiary/aromatic N) is 1. The van der Waals surface area contributed by atoms with Crippen molar-refractivity contribution in [2.24, 2.45) is 11.7 Å². The number of nitrogens with two attached hydrogens (primary N) is 1. The molecular weight excluding hydrogens is 324 g/mol. The Kier molecular flexibility index (Phi) is 5.07. The summed E-state index contributed by atoms with van der Waals surface area (Å²) in [5.41, 5.74) is 7.37. The third-order valence-electron chi connectivity index (χ3n) is 5.85. The molecular formula is C19H27ClN2O2. The van der Waals surface area contributed by atoms with Crippen molar-refractivity contribution < 1.29 is 9.53 Å². The highest BCUT2D eigenvalue weighted by atomic mass is 35.5. The molecule has 1 aromatic rings. The molecule has 0 aromatic heterocycles. The quantitative estimate of drug-likeness (QED) is 0.894. The predicted octanol–water partition coefficient (Wildman–Crippen LogP) is 3.96. The van der Waals surface area contributed by atoms with Gasteiger partial charge in [-0.05, 0) is 49.3 Å². The molecule has 1 atom stereocenters.